The minimum Gasteiger partial charge on any atom is -0.490 e. The number of nitrogens with one attached hydrogen (secondary N) is 1. The molecule has 1 amide bonds. The summed E-state index contributed by atoms with van der Waals surface area (Å²) in [5.41, 5.74) is 1.08. The minimum atomic E-state index is -4.45. The molecule has 1 aliphatic rings. The monoisotopic (exact) mass is 667 g/mol. The largest absolute Gasteiger partial charge is 0.490 e. The fourth-order valence-corrected chi connectivity index (χ4v) is 6.10. The zero-order valence-corrected chi connectivity index (χ0v) is 25.6. The summed E-state index contributed by atoms with van der Waals surface area (Å²) < 4.78 is 47.7. The Morgan fingerprint density at radius 1 is 1.07 bits per heavy atom. The van der Waals surface area contributed by atoms with E-state index in [1.165, 1.54) is 24.3 Å². The summed E-state index contributed by atoms with van der Waals surface area (Å²) in [7, 11) is -4.45. The highest BCUT2D eigenvalue weighted by Gasteiger charge is 2.63. The van der Waals surface area contributed by atoms with Crippen LogP contribution < -0.4 is 20.1 Å². The molecule has 10 N–H and O–H groups in total. The maximum Gasteiger partial charge on any atom is 0.318 e. The van der Waals surface area contributed by atoms with E-state index >= 15 is 0 Å². The maximum atomic E-state index is 14.7. The third kappa shape index (κ3) is 7.03. The quantitative estimate of drug-likeness (QED) is 0.117. The smallest absolute Gasteiger partial charge is 0.318 e. The number of nitrogens with zero attached hydrogens (tertiary/aromatic N) is 3. The number of rotatable bonds is 10. The Kier molecular flexibility index (Phi) is 9.07. The number of anilines is 2. The number of carbonyl (C=O) groups is 1. The average molecular weight is 668 g/mol. The number of nitrogens with two attached hydrogens (primary N) is 1. The zero-order valence-electron chi connectivity index (χ0n) is 24.8. The van der Waals surface area contributed by atoms with Gasteiger partial charge in [0.15, 0.2) is 5.03 Å². The van der Waals surface area contributed by atoms with Crippen molar-refractivity contribution in [2.24, 2.45) is 5.92 Å². The summed E-state index contributed by atoms with van der Waals surface area (Å²) in [5.74, 6) is -10.9. The van der Waals surface area contributed by atoms with Gasteiger partial charge in [-0.25, -0.2) is 19.1 Å². The van der Waals surface area contributed by atoms with Crippen LogP contribution in [0.2, 0.25) is 0 Å². The van der Waals surface area contributed by atoms with E-state index < -0.39 is 62.2 Å². The molecular formula is C28H34FN5O11S. The van der Waals surface area contributed by atoms with Gasteiger partial charge >= 0.3 is 11.9 Å². The number of aromatic nitrogens is 2. The Morgan fingerprint density at radius 3 is 2.28 bits per heavy atom. The fourth-order valence-electron chi connectivity index (χ4n) is 5.16. The molecule has 1 aliphatic heterocycles. The molecule has 2 aromatic heterocycles. The molecule has 1 aromatic carbocycles. The first-order valence-electron chi connectivity index (χ1n) is 13.6. The number of hydrogen-bond donors (Lipinski definition) is 9. The molecule has 46 heavy (non-hydrogen) atoms. The lowest BCUT2D eigenvalue weighted by molar-refractivity contribution is -0.496. The van der Waals surface area contributed by atoms with E-state index in [1.54, 1.807) is 0 Å². The van der Waals surface area contributed by atoms with Gasteiger partial charge in [-0.3, -0.25) is 4.79 Å². The number of aliphatic hydroxyl groups is 7. The van der Waals surface area contributed by atoms with Crippen molar-refractivity contribution >= 4 is 27.6 Å². The van der Waals surface area contributed by atoms with Crippen LogP contribution in [-0.4, -0.2) is 96.3 Å². The number of hydrogen-bond acceptors (Lipinski definition) is 15. The van der Waals surface area contributed by atoms with E-state index in [9.17, 15) is 53.3 Å². The van der Waals surface area contributed by atoms with Crippen LogP contribution in [0.15, 0.2) is 53.6 Å². The van der Waals surface area contributed by atoms with Gasteiger partial charge in [0.05, 0.1) is 11.3 Å². The first kappa shape index (κ1) is 34.9. The van der Waals surface area contributed by atoms with Gasteiger partial charge in [0, 0.05) is 23.7 Å². The van der Waals surface area contributed by atoms with E-state index in [0.717, 1.165) is 24.3 Å². The second-order valence-electron chi connectivity index (χ2n) is 11.7. The van der Waals surface area contributed by atoms with E-state index in [-0.39, 0.29) is 34.4 Å². The first-order chi connectivity index (χ1) is 21.0. The average Bonchev–Trinajstić information content (AvgIpc) is 3.20. The molecule has 3 aromatic rings. The van der Waals surface area contributed by atoms with E-state index in [0.29, 0.717) is 13.0 Å². The van der Waals surface area contributed by atoms with Crippen molar-refractivity contribution in [3.05, 3.63) is 59.9 Å². The summed E-state index contributed by atoms with van der Waals surface area (Å²) >= 11 is 0. The Hall–Kier alpha value is -4.01. The minimum absolute atomic E-state index is 0.0138. The van der Waals surface area contributed by atoms with Crippen LogP contribution in [0.5, 0.6) is 5.75 Å². The Morgan fingerprint density at radius 2 is 1.72 bits per heavy atom. The van der Waals surface area contributed by atoms with Crippen molar-refractivity contribution in [3.8, 4) is 17.0 Å². The number of amides is 1. The number of nitrogen functional groups attached to an aromatic ring is 1. The van der Waals surface area contributed by atoms with Crippen LogP contribution in [0.1, 0.15) is 37.6 Å². The van der Waals surface area contributed by atoms with Crippen LogP contribution >= 0.6 is 0 Å². The lowest BCUT2D eigenvalue weighted by Gasteiger charge is -2.39. The summed E-state index contributed by atoms with van der Waals surface area (Å²) in [6.07, 6.45) is 0.691. The van der Waals surface area contributed by atoms with Gasteiger partial charge in [-0.05, 0) is 62.6 Å². The first-order valence-corrected chi connectivity index (χ1v) is 15.1. The fraction of sp³-hybridized carbons (Fsp3) is 0.393. The van der Waals surface area contributed by atoms with Crippen molar-refractivity contribution in [1.29, 1.82) is 0 Å². The van der Waals surface area contributed by atoms with Crippen molar-refractivity contribution in [2.45, 2.75) is 55.3 Å². The molecule has 0 aliphatic carbocycles. The lowest BCUT2D eigenvalue weighted by atomic mass is 9.97. The maximum absolute atomic E-state index is 14.7. The number of halogens is 1. The van der Waals surface area contributed by atoms with Crippen molar-refractivity contribution in [1.82, 2.24) is 14.7 Å². The number of pyridine rings is 2. The Balaban J connectivity index is 1.75. The molecule has 1 atom stereocenters. The van der Waals surface area contributed by atoms with Gasteiger partial charge in [-0.15, -0.1) is 0 Å². The molecule has 0 unspecified atom stereocenters. The van der Waals surface area contributed by atoms with Gasteiger partial charge in [0.2, 0.25) is 0 Å². The molecule has 0 radical (unpaired) electrons. The molecule has 0 bridgehead atoms. The summed E-state index contributed by atoms with van der Waals surface area (Å²) in [4.78, 5) is 23.6. The molecular weight excluding hydrogens is 633 g/mol. The highest BCUT2D eigenvalue weighted by atomic mass is 32.2. The van der Waals surface area contributed by atoms with E-state index in [1.807, 2.05) is 30.4 Å². The summed E-state index contributed by atoms with van der Waals surface area (Å²) in [6, 6.07) is 9.39. The van der Waals surface area contributed by atoms with Gasteiger partial charge in [-0.1, -0.05) is 13.0 Å². The lowest BCUT2D eigenvalue weighted by Crippen LogP contribution is -2.71. The molecule has 16 nitrogen and oxygen atoms in total. The predicted octanol–water partition coefficient (Wildman–Crippen LogP) is -1.02. The molecule has 18 heteroatoms. The predicted molar refractivity (Wildman–Crippen MR) is 157 cm³/mol. The van der Waals surface area contributed by atoms with Gasteiger partial charge in [0.25, 0.3) is 21.5 Å². The molecule has 0 spiro atoms. The third-order valence-corrected chi connectivity index (χ3v) is 8.65. The number of ether oxygens (including phenoxy) is 1. The number of benzene rings is 1. The Bertz CT molecular complexity index is 1730. The van der Waals surface area contributed by atoms with E-state index in [4.69, 9.17) is 10.5 Å². The SMILES string of the molecule is C[C@@H]1CN(c2nc(-c3cc(F)cc(OCC(O)(C(O)(O)O)C(O)(O)O)c3)ccc2C(=O)NS(=O)(=O)c2cccc(N)n2)C(C)(C)C1. The Labute approximate surface area is 262 Å². The van der Waals surface area contributed by atoms with Crippen molar-refractivity contribution in [3.63, 3.8) is 0 Å². The topological polar surface area (TPSA) is 269 Å². The summed E-state index contributed by atoms with van der Waals surface area (Å²) in [5, 5.41) is 66.0. The van der Waals surface area contributed by atoms with Crippen LogP contribution in [0.3, 0.4) is 0 Å². The van der Waals surface area contributed by atoms with Crippen LogP contribution in [0, 0.1) is 11.7 Å². The second kappa shape index (κ2) is 12.0. The van der Waals surface area contributed by atoms with Crippen LogP contribution in [-0.2, 0) is 10.0 Å². The van der Waals surface area contributed by atoms with Crippen LogP contribution in [0.25, 0.3) is 11.3 Å². The standard InChI is InChI=1S/C28H34FN5O11S/c1-15-12-25(2,3)34(13-15)23-19(24(35)33-46(43,44)22-6-4-5-21(30)32-22)7-8-20(31-23)16-9-17(29)11-18(10-16)45-14-26(36,27(37,38)39)28(40,41)42/h4-11,15,36-42H,12-14H2,1-3H3,(H2,30,32)(H,33,35)/t15-/m0/s1. The van der Waals surface area contributed by atoms with Gasteiger partial charge < -0.3 is 51.1 Å². The molecule has 1 saturated heterocycles. The van der Waals surface area contributed by atoms with Gasteiger partial charge in [0.1, 0.15) is 29.8 Å². The molecule has 4 rings (SSSR count). The van der Waals surface area contributed by atoms with E-state index in [2.05, 4.69) is 9.97 Å². The molecule has 250 valence electrons. The normalized spacial score (nSPS) is 17.2. The second-order valence-corrected chi connectivity index (χ2v) is 13.4. The highest BCUT2D eigenvalue weighted by Crippen LogP contribution is 2.39. The number of carbonyl (C=O) groups excluding carboxylic acids is 1. The van der Waals surface area contributed by atoms with Gasteiger partial charge in [-0.2, -0.15) is 8.42 Å². The number of sulfonamides is 1. The summed E-state index contributed by atoms with van der Waals surface area (Å²) in [6.45, 7) is 4.65. The van der Waals surface area contributed by atoms with Crippen molar-refractivity contribution < 1.29 is 58.1 Å². The highest BCUT2D eigenvalue weighted by molar-refractivity contribution is 7.90. The zero-order chi connectivity index (χ0) is 34.5. The molecule has 0 saturated carbocycles. The molecule has 1 fully saturated rings. The van der Waals surface area contributed by atoms with Crippen molar-refractivity contribution in [2.75, 3.05) is 23.8 Å². The third-order valence-electron chi connectivity index (χ3n) is 7.42. The van der Waals surface area contributed by atoms with Crippen LogP contribution in [0.4, 0.5) is 16.0 Å². The molecule has 3 heterocycles.